The Morgan fingerprint density at radius 2 is 1.85 bits per heavy atom. The number of ether oxygens (including phenoxy) is 1. The maximum atomic E-state index is 13.7. The van der Waals surface area contributed by atoms with Crippen molar-refractivity contribution in [3.8, 4) is 0 Å². The van der Waals surface area contributed by atoms with Crippen molar-refractivity contribution in [2.75, 3.05) is 39.4 Å². The summed E-state index contributed by atoms with van der Waals surface area (Å²) in [4.78, 5) is 34.5. The number of carbonyl (C=O) groups excluding carboxylic acids is 2. The Bertz CT molecular complexity index is 1280. The maximum Gasteiger partial charge on any atom is 0.295 e. The first-order valence-corrected chi connectivity index (χ1v) is 11.2. The van der Waals surface area contributed by atoms with E-state index in [0.717, 1.165) is 13.1 Å². The van der Waals surface area contributed by atoms with Gasteiger partial charge in [0.15, 0.2) is 5.76 Å². The van der Waals surface area contributed by atoms with Crippen LogP contribution >= 0.6 is 0 Å². The van der Waals surface area contributed by atoms with Crippen LogP contribution in [0.5, 0.6) is 0 Å². The molecule has 2 saturated heterocycles. The molecule has 2 aliphatic heterocycles. The Kier molecular flexibility index (Phi) is 5.89. The lowest BCUT2D eigenvalue weighted by Gasteiger charge is -2.31. The highest BCUT2D eigenvalue weighted by atomic mass is 19.1. The molecule has 0 radical (unpaired) electrons. The molecule has 5 rings (SSSR count). The molecule has 0 spiro atoms. The minimum atomic E-state index is -0.838. The molecule has 3 aromatic rings. The minimum Gasteiger partial charge on any atom is -0.505 e. The van der Waals surface area contributed by atoms with Gasteiger partial charge < -0.3 is 14.7 Å². The topological polar surface area (TPSA) is 87.4 Å². The van der Waals surface area contributed by atoms with E-state index >= 15 is 0 Å². The number of ketones is 1. The molecule has 9 heteroatoms. The monoisotopic (exact) mass is 464 g/mol. The van der Waals surface area contributed by atoms with Gasteiger partial charge in [-0.1, -0.05) is 18.2 Å². The molecule has 4 heterocycles. The SMILES string of the molecule is Cc1nc2ccccn2c1/C(O)=C1\C(=O)C(=O)N(CCN2CCOCC2)[C@H]1c1ccc(F)cc1. The molecule has 2 fully saturated rings. The standard InChI is InChI=1S/C25H25FN4O4/c1-16-21(29-9-3-2-4-19(29)27-16)23(31)20-22(17-5-7-18(26)8-6-17)30(25(33)24(20)32)11-10-28-12-14-34-15-13-28/h2-9,22,31H,10-15H2,1H3/b23-20+/t22-/m0/s1. The van der Waals surface area contributed by atoms with Gasteiger partial charge in [0.1, 0.15) is 17.2 Å². The predicted molar refractivity (Wildman–Crippen MR) is 123 cm³/mol. The fourth-order valence-electron chi connectivity index (χ4n) is 4.70. The van der Waals surface area contributed by atoms with E-state index in [1.54, 1.807) is 41.8 Å². The number of imidazole rings is 1. The first-order valence-electron chi connectivity index (χ1n) is 11.2. The fraction of sp³-hybridized carbons (Fsp3) is 0.320. The minimum absolute atomic E-state index is 0.0210. The predicted octanol–water partition coefficient (Wildman–Crippen LogP) is 2.54. The van der Waals surface area contributed by atoms with Crippen LogP contribution in [0, 0.1) is 12.7 Å². The molecule has 1 aromatic carbocycles. The summed E-state index contributed by atoms with van der Waals surface area (Å²) in [7, 11) is 0. The molecule has 8 nitrogen and oxygen atoms in total. The van der Waals surface area contributed by atoms with Crippen LogP contribution in [-0.4, -0.2) is 75.4 Å². The largest absolute Gasteiger partial charge is 0.505 e. The number of aromatic nitrogens is 2. The van der Waals surface area contributed by atoms with Crippen LogP contribution in [0.1, 0.15) is 23.0 Å². The Morgan fingerprint density at radius 3 is 2.59 bits per heavy atom. The molecular weight excluding hydrogens is 439 g/mol. The Balaban J connectivity index is 1.60. The van der Waals surface area contributed by atoms with Gasteiger partial charge in [-0.05, 0) is 36.8 Å². The van der Waals surface area contributed by atoms with E-state index in [1.807, 2.05) is 6.07 Å². The molecule has 176 valence electrons. The number of pyridine rings is 1. The van der Waals surface area contributed by atoms with Crippen molar-refractivity contribution in [2.24, 2.45) is 0 Å². The lowest BCUT2D eigenvalue weighted by molar-refractivity contribution is -0.140. The van der Waals surface area contributed by atoms with E-state index in [2.05, 4.69) is 9.88 Å². The van der Waals surface area contributed by atoms with E-state index in [9.17, 15) is 19.1 Å². The normalized spacial score (nSPS) is 21.0. The number of morpholine rings is 1. The number of aryl methyl sites for hydroxylation is 1. The summed E-state index contributed by atoms with van der Waals surface area (Å²) in [5.74, 6) is -2.17. The lowest BCUT2D eigenvalue weighted by atomic mass is 9.96. The highest BCUT2D eigenvalue weighted by Gasteiger charge is 2.46. The highest BCUT2D eigenvalue weighted by Crippen LogP contribution is 2.39. The number of carbonyl (C=O) groups is 2. The second-order valence-corrected chi connectivity index (χ2v) is 8.47. The highest BCUT2D eigenvalue weighted by molar-refractivity contribution is 6.46. The third-order valence-corrected chi connectivity index (χ3v) is 6.42. The molecule has 34 heavy (non-hydrogen) atoms. The summed E-state index contributed by atoms with van der Waals surface area (Å²) in [5.41, 5.74) is 2.03. The van der Waals surface area contributed by atoms with Crippen molar-refractivity contribution in [1.29, 1.82) is 0 Å². The molecule has 1 atom stereocenters. The zero-order chi connectivity index (χ0) is 23.8. The second kappa shape index (κ2) is 9.00. The van der Waals surface area contributed by atoms with Gasteiger partial charge in [0.25, 0.3) is 11.7 Å². The van der Waals surface area contributed by atoms with Crippen LogP contribution in [0.15, 0.2) is 54.2 Å². The zero-order valence-corrected chi connectivity index (χ0v) is 18.8. The van der Waals surface area contributed by atoms with Crippen molar-refractivity contribution in [2.45, 2.75) is 13.0 Å². The molecule has 0 saturated carbocycles. The molecule has 2 aliphatic rings. The van der Waals surface area contributed by atoms with Crippen molar-refractivity contribution < 1.29 is 23.8 Å². The summed E-state index contributed by atoms with van der Waals surface area (Å²) in [6, 6.07) is 10.2. The van der Waals surface area contributed by atoms with Crippen LogP contribution in [-0.2, 0) is 14.3 Å². The number of likely N-dealkylation sites (tertiary alicyclic amines) is 1. The Hall–Kier alpha value is -3.56. The number of Topliss-reactive ketones (excluding diaryl/α,β-unsaturated/α-hetero) is 1. The van der Waals surface area contributed by atoms with Gasteiger partial charge in [0.05, 0.1) is 30.5 Å². The number of amides is 1. The first kappa shape index (κ1) is 22.2. The number of aliphatic hydroxyl groups excluding tert-OH is 1. The van der Waals surface area contributed by atoms with Crippen LogP contribution in [0.3, 0.4) is 0 Å². The summed E-state index contributed by atoms with van der Waals surface area (Å²) >= 11 is 0. The zero-order valence-electron chi connectivity index (χ0n) is 18.8. The summed E-state index contributed by atoms with van der Waals surface area (Å²) in [6.45, 7) is 5.31. The average Bonchev–Trinajstić information content (AvgIpc) is 3.31. The van der Waals surface area contributed by atoms with Crippen molar-refractivity contribution in [3.05, 3.63) is 77.0 Å². The molecule has 0 unspecified atom stereocenters. The molecular formula is C25H25FN4O4. The Morgan fingerprint density at radius 1 is 1.12 bits per heavy atom. The summed E-state index contributed by atoms with van der Waals surface area (Å²) in [5, 5.41) is 11.4. The number of rotatable bonds is 5. The van der Waals surface area contributed by atoms with Gasteiger partial charge in [-0.3, -0.25) is 18.9 Å². The fourth-order valence-corrected chi connectivity index (χ4v) is 4.70. The third kappa shape index (κ3) is 3.86. The van der Waals surface area contributed by atoms with Crippen molar-refractivity contribution in [3.63, 3.8) is 0 Å². The van der Waals surface area contributed by atoms with Gasteiger partial charge in [0, 0.05) is 32.4 Å². The third-order valence-electron chi connectivity index (χ3n) is 6.42. The van der Waals surface area contributed by atoms with E-state index in [4.69, 9.17) is 4.74 Å². The molecule has 2 aromatic heterocycles. The van der Waals surface area contributed by atoms with Crippen LogP contribution in [0.2, 0.25) is 0 Å². The summed E-state index contributed by atoms with van der Waals surface area (Å²) < 4.78 is 20.8. The van der Waals surface area contributed by atoms with Crippen LogP contribution < -0.4 is 0 Å². The number of nitrogens with zero attached hydrogens (tertiary/aromatic N) is 4. The number of hydrogen-bond acceptors (Lipinski definition) is 6. The lowest BCUT2D eigenvalue weighted by Crippen LogP contribution is -2.42. The van der Waals surface area contributed by atoms with Crippen molar-refractivity contribution >= 4 is 23.1 Å². The number of benzene rings is 1. The molecule has 0 bridgehead atoms. The summed E-state index contributed by atoms with van der Waals surface area (Å²) in [6.07, 6.45) is 1.74. The van der Waals surface area contributed by atoms with E-state index < -0.39 is 23.5 Å². The van der Waals surface area contributed by atoms with Gasteiger partial charge >= 0.3 is 0 Å². The second-order valence-electron chi connectivity index (χ2n) is 8.47. The number of halogens is 1. The van der Waals surface area contributed by atoms with E-state index in [-0.39, 0.29) is 17.9 Å². The number of fused-ring (bicyclic) bond motifs is 1. The number of hydrogen-bond donors (Lipinski definition) is 1. The Labute approximate surface area is 195 Å². The van der Waals surface area contributed by atoms with Crippen molar-refractivity contribution in [1.82, 2.24) is 19.2 Å². The van der Waals surface area contributed by atoms with Gasteiger partial charge in [-0.25, -0.2) is 9.37 Å². The molecule has 1 amide bonds. The smallest absolute Gasteiger partial charge is 0.295 e. The van der Waals surface area contributed by atoms with Crippen LogP contribution in [0.25, 0.3) is 11.4 Å². The van der Waals surface area contributed by atoms with Crippen LogP contribution in [0.4, 0.5) is 4.39 Å². The van der Waals surface area contributed by atoms with Gasteiger partial charge in [-0.2, -0.15) is 0 Å². The van der Waals surface area contributed by atoms with E-state index in [0.29, 0.717) is 42.4 Å². The van der Waals surface area contributed by atoms with Gasteiger partial charge in [0.2, 0.25) is 0 Å². The average molecular weight is 464 g/mol. The van der Waals surface area contributed by atoms with E-state index in [1.165, 1.54) is 17.0 Å². The van der Waals surface area contributed by atoms with Gasteiger partial charge in [-0.15, -0.1) is 0 Å². The number of aliphatic hydroxyl groups is 1. The maximum absolute atomic E-state index is 13.7. The molecule has 1 N–H and O–H groups in total. The quantitative estimate of drug-likeness (QED) is 0.355. The first-order chi connectivity index (χ1) is 16.5. The molecule has 0 aliphatic carbocycles.